The zero-order valence-electron chi connectivity index (χ0n) is 24.1. The maximum Gasteiger partial charge on any atom is 0.178 e. The van der Waals surface area contributed by atoms with Gasteiger partial charge in [0.1, 0.15) is 11.7 Å². The van der Waals surface area contributed by atoms with Crippen molar-refractivity contribution in [3.8, 4) is 0 Å². The summed E-state index contributed by atoms with van der Waals surface area (Å²) >= 11 is 0. The molecule has 0 atom stereocenters. The molecule has 0 N–H and O–H groups in total. The number of anilines is 3. The van der Waals surface area contributed by atoms with Crippen molar-refractivity contribution in [2.24, 2.45) is 11.8 Å². The number of nitrogens with zero attached hydrogens (tertiary/aromatic N) is 5. The molecule has 0 radical (unpaired) electrons. The Kier molecular flexibility index (Phi) is 7.43. The van der Waals surface area contributed by atoms with Crippen molar-refractivity contribution in [1.82, 2.24) is 9.97 Å². The molecule has 3 aliphatic rings. The highest BCUT2D eigenvalue weighted by Crippen LogP contribution is 2.43. The summed E-state index contributed by atoms with van der Waals surface area (Å²) in [5.41, 5.74) is 4.75. The number of para-hydroxylation sites is 3. The molecule has 0 bridgehead atoms. The van der Waals surface area contributed by atoms with E-state index in [0.29, 0.717) is 0 Å². The van der Waals surface area contributed by atoms with E-state index in [1.807, 2.05) is 60.8 Å². The summed E-state index contributed by atoms with van der Waals surface area (Å²) in [6, 6.07) is 16.0. The predicted molar refractivity (Wildman–Crippen MR) is 166 cm³/mol. The van der Waals surface area contributed by atoms with Crippen LogP contribution < -0.4 is 14.7 Å². The molecule has 1 saturated carbocycles. The van der Waals surface area contributed by atoms with E-state index in [0.717, 1.165) is 90.6 Å². The highest BCUT2D eigenvalue weighted by molar-refractivity contribution is 6.27. The fraction of sp³-hybridized carbons (Fsp3) is 0.353. The molecule has 3 heterocycles. The van der Waals surface area contributed by atoms with Gasteiger partial charge in [0, 0.05) is 37.1 Å². The van der Waals surface area contributed by atoms with Crippen LogP contribution in [0.4, 0.5) is 17.3 Å². The number of Topliss-reactive ketones (excluding diaryl/α,β-unsaturated/α-hetero) is 2. The zero-order valence-corrected chi connectivity index (χ0v) is 24.1. The van der Waals surface area contributed by atoms with Gasteiger partial charge in [-0.15, -0.1) is 0 Å². The molecular weight excluding hydrogens is 510 g/mol. The van der Waals surface area contributed by atoms with Gasteiger partial charge >= 0.3 is 0 Å². The third kappa shape index (κ3) is 4.73. The Morgan fingerprint density at radius 2 is 1.32 bits per heavy atom. The van der Waals surface area contributed by atoms with Crippen molar-refractivity contribution >= 4 is 45.5 Å². The normalized spacial score (nSPS) is 20.6. The predicted octanol–water partition coefficient (Wildman–Crippen LogP) is 6.52. The van der Waals surface area contributed by atoms with Gasteiger partial charge in [-0.1, -0.05) is 63.1 Å². The monoisotopic (exact) mass is 547 g/mol. The van der Waals surface area contributed by atoms with Crippen LogP contribution in [-0.2, 0) is 9.59 Å². The lowest BCUT2D eigenvalue weighted by molar-refractivity contribution is -0.145. The lowest BCUT2D eigenvalue weighted by Gasteiger charge is -2.32. The maximum absolute atomic E-state index is 13.6. The standard InChI is InChI=1S/C34H37N5O2/c1-4-7-18-38-30(39(19-8-5-2)34-33(38)35-27-14-10-11-15-28(27)36-34)22-26-31(40)25(32(26)41)21-23-17-20-37(6-3)29-16-12-9-13-24(23)29/h9-17,20-22,25-26H,4-8,18-19H2,1-3H3/b23-21+. The van der Waals surface area contributed by atoms with E-state index in [9.17, 15) is 9.59 Å². The van der Waals surface area contributed by atoms with Gasteiger partial charge in [0.25, 0.3) is 0 Å². The van der Waals surface area contributed by atoms with Gasteiger partial charge in [0.2, 0.25) is 0 Å². The number of carbonyl (C=O) groups is 2. The maximum atomic E-state index is 13.6. The molecule has 1 aromatic heterocycles. The zero-order chi connectivity index (χ0) is 28.5. The van der Waals surface area contributed by atoms with E-state index >= 15 is 0 Å². The summed E-state index contributed by atoms with van der Waals surface area (Å²) in [6.07, 6.45) is 11.7. The number of fused-ring (bicyclic) bond motifs is 3. The highest BCUT2D eigenvalue weighted by Gasteiger charge is 2.48. The van der Waals surface area contributed by atoms with Crippen LogP contribution in [0.3, 0.4) is 0 Å². The van der Waals surface area contributed by atoms with Crippen LogP contribution in [0.15, 0.2) is 78.8 Å². The molecule has 0 spiro atoms. The molecule has 0 saturated heterocycles. The first-order valence-corrected chi connectivity index (χ1v) is 14.9. The summed E-state index contributed by atoms with van der Waals surface area (Å²) < 4.78 is 0. The molecule has 2 aromatic carbocycles. The smallest absolute Gasteiger partial charge is 0.178 e. The molecule has 6 rings (SSSR count). The van der Waals surface area contributed by atoms with Crippen molar-refractivity contribution in [3.05, 3.63) is 84.3 Å². The minimum Gasteiger partial charge on any atom is -0.348 e. The second kappa shape index (κ2) is 11.3. The highest BCUT2D eigenvalue weighted by atomic mass is 16.2. The fourth-order valence-corrected chi connectivity index (χ4v) is 5.92. The van der Waals surface area contributed by atoms with E-state index in [1.165, 1.54) is 0 Å². The van der Waals surface area contributed by atoms with Crippen LogP contribution in [0.5, 0.6) is 0 Å². The van der Waals surface area contributed by atoms with E-state index < -0.39 is 11.8 Å². The third-order valence-corrected chi connectivity index (χ3v) is 8.26. The summed E-state index contributed by atoms with van der Waals surface area (Å²) in [5.74, 6) is 0.880. The van der Waals surface area contributed by atoms with Crippen molar-refractivity contribution in [1.29, 1.82) is 0 Å². The number of hydrogen-bond donors (Lipinski definition) is 0. The number of carbonyl (C=O) groups excluding carboxylic acids is 2. The first kappa shape index (κ1) is 26.9. The van der Waals surface area contributed by atoms with E-state index in [4.69, 9.17) is 9.97 Å². The Labute approximate surface area is 241 Å². The molecule has 1 fully saturated rings. The molecular formula is C34H37N5O2. The molecule has 0 unspecified atom stereocenters. The molecule has 7 heteroatoms. The largest absolute Gasteiger partial charge is 0.348 e. The summed E-state index contributed by atoms with van der Waals surface area (Å²) in [7, 11) is 0. The second-order valence-electron chi connectivity index (χ2n) is 10.9. The average Bonchev–Trinajstić information content (AvgIpc) is 3.29. The lowest BCUT2D eigenvalue weighted by atomic mass is 9.70. The molecule has 1 aliphatic carbocycles. The topological polar surface area (TPSA) is 69.6 Å². The lowest BCUT2D eigenvalue weighted by Crippen LogP contribution is -2.47. The van der Waals surface area contributed by atoms with Gasteiger partial charge in [0.05, 0.1) is 17.0 Å². The van der Waals surface area contributed by atoms with E-state index in [-0.39, 0.29) is 11.6 Å². The third-order valence-electron chi connectivity index (χ3n) is 8.26. The Bertz CT molecular complexity index is 1520. The molecule has 0 amide bonds. The molecule has 2 aliphatic heterocycles. The number of benzene rings is 2. The quantitative estimate of drug-likeness (QED) is 0.283. The number of hydrogen-bond acceptors (Lipinski definition) is 7. The Morgan fingerprint density at radius 3 is 1.90 bits per heavy atom. The van der Waals surface area contributed by atoms with Crippen LogP contribution in [-0.4, -0.2) is 41.2 Å². The second-order valence-corrected chi connectivity index (χ2v) is 10.9. The van der Waals surface area contributed by atoms with Gasteiger partial charge in [-0.2, -0.15) is 0 Å². The average molecular weight is 548 g/mol. The van der Waals surface area contributed by atoms with E-state index in [2.05, 4.69) is 47.6 Å². The Morgan fingerprint density at radius 1 is 0.756 bits per heavy atom. The molecule has 41 heavy (non-hydrogen) atoms. The van der Waals surface area contributed by atoms with Gasteiger partial charge in [-0.3, -0.25) is 9.59 Å². The summed E-state index contributed by atoms with van der Waals surface area (Å²) in [6.45, 7) is 8.79. The first-order chi connectivity index (χ1) is 20.0. The molecule has 210 valence electrons. The molecule has 3 aromatic rings. The summed E-state index contributed by atoms with van der Waals surface area (Å²) in [4.78, 5) is 43.6. The van der Waals surface area contributed by atoms with Crippen molar-refractivity contribution < 1.29 is 9.59 Å². The first-order valence-electron chi connectivity index (χ1n) is 14.9. The minimum atomic E-state index is -0.765. The SMILES string of the molecule is CCCCN1C(=CC2C(=O)C(/C=C3\C=CN(CC)c4ccccc43)C2=O)N(CCCC)c2nc3ccccc3nc21. The van der Waals surface area contributed by atoms with Crippen LogP contribution >= 0.6 is 0 Å². The summed E-state index contributed by atoms with van der Waals surface area (Å²) in [5, 5.41) is 0. The number of ketones is 2. The van der Waals surface area contributed by atoms with Crippen LogP contribution in [0, 0.1) is 11.8 Å². The number of aromatic nitrogens is 2. The van der Waals surface area contributed by atoms with Crippen molar-refractivity contribution in [2.75, 3.05) is 34.3 Å². The van der Waals surface area contributed by atoms with Gasteiger partial charge in [-0.25, -0.2) is 9.97 Å². The number of rotatable bonds is 9. The number of allylic oxidation sites excluding steroid dienone is 4. The van der Waals surface area contributed by atoms with E-state index in [1.54, 1.807) is 0 Å². The Hall–Kier alpha value is -4.26. The van der Waals surface area contributed by atoms with Gasteiger partial charge < -0.3 is 14.7 Å². The minimum absolute atomic E-state index is 0.0493. The number of unbranched alkanes of at least 4 members (excludes halogenated alkanes) is 2. The molecule has 7 nitrogen and oxygen atoms in total. The van der Waals surface area contributed by atoms with Crippen molar-refractivity contribution in [2.45, 2.75) is 46.5 Å². The van der Waals surface area contributed by atoms with Crippen molar-refractivity contribution in [3.63, 3.8) is 0 Å². The fourth-order valence-electron chi connectivity index (χ4n) is 5.92. The van der Waals surface area contributed by atoms with Crippen LogP contribution in [0.25, 0.3) is 16.6 Å². The van der Waals surface area contributed by atoms with Crippen LogP contribution in [0.1, 0.15) is 52.0 Å². The van der Waals surface area contributed by atoms with Gasteiger partial charge in [0.15, 0.2) is 23.2 Å². The Balaban J connectivity index is 1.34. The van der Waals surface area contributed by atoms with Gasteiger partial charge in [-0.05, 0) is 55.7 Å². The van der Waals surface area contributed by atoms with Crippen LogP contribution in [0.2, 0.25) is 0 Å².